The van der Waals surface area contributed by atoms with E-state index in [2.05, 4.69) is 29.7 Å². The summed E-state index contributed by atoms with van der Waals surface area (Å²) in [5.41, 5.74) is 2.78. The van der Waals surface area contributed by atoms with E-state index in [0.717, 1.165) is 30.0 Å². The van der Waals surface area contributed by atoms with Crippen molar-refractivity contribution in [3.8, 4) is 11.5 Å². The maximum Gasteiger partial charge on any atom is 0.243 e. The lowest BCUT2D eigenvalue weighted by atomic mass is 10.2. The zero-order chi connectivity index (χ0) is 21.9. The molecular formula is C26H30N2O3. The van der Waals surface area contributed by atoms with E-state index in [-0.39, 0.29) is 18.6 Å². The molecule has 0 spiro atoms. The van der Waals surface area contributed by atoms with Crippen molar-refractivity contribution < 1.29 is 14.3 Å². The van der Waals surface area contributed by atoms with Crippen molar-refractivity contribution in [3.05, 3.63) is 84.4 Å². The molecule has 5 heteroatoms. The molecule has 1 atom stereocenters. The number of carbonyl (C=O) groups is 1. The Balaban J connectivity index is 1.46. The Bertz CT molecular complexity index is 960. The van der Waals surface area contributed by atoms with Gasteiger partial charge < -0.3 is 20.1 Å². The summed E-state index contributed by atoms with van der Waals surface area (Å²) in [5, 5.41) is 6.04. The second kappa shape index (κ2) is 11.6. The normalized spacial score (nSPS) is 11.4. The van der Waals surface area contributed by atoms with E-state index in [1.54, 1.807) is 0 Å². The van der Waals surface area contributed by atoms with Crippen molar-refractivity contribution in [2.24, 2.45) is 0 Å². The molecule has 2 N–H and O–H groups in total. The highest BCUT2D eigenvalue weighted by atomic mass is 16.5. The van der Waals surface area contributed by atoms with Crippen molar-refractivity contribution in [2.75, 3.05) is 23.8 Å². The molecule has 1 amide bonds. The van der Waals surface area contributed by atoms with E-state index in [0.29, 0.717) is 12.3 Å². The fourth-order valence-electron chi connectivity index (χ4n) is 2.98. The fourth-order valence-corrected chi connectivity index (χ4v) is 2.98. The number of rotatable bonds is 11. The molecular weight excluding hydrogens is 388 g/mol. The van der Waals surface area contributed by atoms with Gasteiger partial charge in [0.15, 0.2) is 0 Å². The fraction of sp³-hybridized carbons (Fsp3) is 0.269. The standard InChI is InChI=1S/C26H30N2O3/c1-3-20(2)31-25-14-7-11-22(17-25)27-19-26(29)28-23-12-8-13-24(18-23)30-16-15-21-9-5-4-6-10-21/h4-14,17-18,20,27H,3,15-16,19H2,1-2H3,(H,28,29). The molecule has 0 saturated heterocycles. The van der Waals surface area contributed by atoms with Crippen molar-refractivity contribution >= 4 is 17.3 Å². The van der Waals surface area contributed by atoms with E-state index in [1.165, 1.54) is 5.56 Å². The van der Waals surface area contributed by atoms with Gasteiger partial charge in [-0.1, -0.05) is 49.4 Å². The maximum atomic E-state index is 12.4. The van der Waals surface area contributed by atoms with Gasteiger partial charge in [0.25, 0.3) is 0 Å². The number of hydrogen-bond acceptors (Lipinski definition) is 4. The van der Waals surface area contributed by atoms with Gasteiger partial charge in [-0.05, 0) is 43.2 Å². The number of hydrogen-bond donors (Lipinski definition) is 2. The van der Waals surface area contributed by atoms with Crippen LogP contribution in [0.5, 0.6) is 11.5 Å². The Hall–Kier alpha value is -3.47. The zero-order valence-corrected chi connectivity index (χ0v) is 18.1. The summed E-state index contributed by atoms with van der Waals surface area (Å²) >= 11 is 0. The first-order valence-corrected chi connectivity index (χ1v) is 10.7. The van der Waals surface area contributed by atoms with E-state index >= 15 is 0 Å². The number of ether oxygens (including phenoxy) is 2. The first kappa shape index (κ1) is 22.2. The lowest BCUT2D eigenvalue weighted by Crippen LogP contribution is -2.21. The van der Waals surface area contributed by atoms with Crippen LogP contribution in [-0.4, -0.2) is 25.2 Å². The van der Waals surface area contributed by atoms with Gasteiger partial charge in [0, 0.05) is 29.9 Å². The number of amides is 1. The highest BCUT2D eigenvalue weighted by molar-refractivity contribution is 5.93. The molecule has 0 radical (unpaired) electrons. The first-order valence-electron chi connectivity index (χ1n) is 10.7. The van der Waals surface area contributed by atoms with Gasteiger partial charge >= 0.3 is 0 Å². The second-order valence-corrected chi connectivity index (χ2v) is 7.38. The predicted octanol–water partition coefficient (Wildman–Crippen LogP) is 5.54. The van der Waals surface area contributed by atoms with Gasteiger partial charge in [0.1, 0.15) is 11.5 Å². The van der Waals surface area contributed by atoms with Gasteiger partial charge in [-0.3, -0.25) is 4.79 Å². The van der Waals surface area contributed by atoms with Crippen molar-refractivity contribution in [2.45, 2.75) is 32.8 Å². The molecule has 0 aliphatic heterocycles. The van der Waals surface area contributed by atoms with Crippen LogP contribution in [0.1, 0.15) is 25.8 Å². The first-order chi connectivity index (χ1) is 15.1. The van der Waals surface area contributed by atoms with Crippen LogP contribution in [0.4, 0.5) is 11.4 Å². The van der Waals surface area contributed by atoms with Crippen LogP contribution in [0.25, 0.3) is 0 Å². The molecule has 0 aliphatic rings. The summed E-state index contributed by atoms with van der Waals surface area (Å²) < 4.78 is 11.7. The zero-order valence-electron chi connectivity index (χ0n) is 18.1. The molecule has 1 unspecified atom stereocenters. The molecule has 3 aromatic carbocycles. The Labute approximate surface area is 184 Å². The average molecular weight is 419 g/mol. The molecule has 162 valence electrons. The van der Waals surface area contributed by atoms with Crippen LogP contribution in [0.15, 0.2) is 78.9 Å². The van der Waals surface area contributed by atoms with Crippen LogP contribution in [-0.2, 0) is 11.2 Å². The monoisotopic (exact) mass is 418 g/mol. The minimum Gasteiger partial charge on any atom is -0.493 e. The lowest BCUT2D eigenvalue weighted by Gasteiger charge is -2.14. The largest absolute Gasteiger partial charge is 0.493 e. The number of nitrogens with one attached hydrogen (secondary N) is 2. The van der Waals surface area contributed by atoms with Crippen molar-refractivity contribution in [1.29, 1.82) is 0 Å². The Kier molecular flexibility index (Phi) is 8.35. The molecule has 5 nitrogen and oxygen atoms in total. The minimum atomic E-state index is -0.130. The number of carbonyl (C=O) groups excluding carboxylic acids is 1. The van der Waals surface area contributed by atoms with E-state index in [1.807, 2.05) is 73.7 Å². The quantitative estimate of drug-likeness (QED) is 0.429. The van der Waals surface area contributed by atoms with Gasteiger partial charge in [0.05, 0.1) is 19.3 Å². The summed E-state index contributed by atoms with van der Waals surface area (Å²) in [5.74, 6) is 1.39. The SMILES string of the molecule is CCC(C)Oc1cccc(NCC(=O)Nc2cccc(OCCc3ccccc3)c2)c1. The van der Waals surface area contributed by atoms with E-state index < -0.39 is 0 Å². The van der Waals surface area contributed by atoms with Crippen LogP contribution >= 0.6 is 0 Å². The van der Waals surface area contributed by atoms with Gasteiger partial charge in [-0.15, -0.1) is 0 Å². The smallest absolute Gasteiger partial charge is 0.243 e. The van der Waals surface area contributed by atoms with Gasteiger partial charge in [-0.2, -0.15) is 0 Å². The summed E-state index contributed by atoms with van der Waals surface area (Å²) in [6, 6.07) is 25.3. The van der Waals surface area contributed by atoms with Crippen LogP contribution in [0.3, 0.4) is 0 Å². The van der Waals surface area contributed by atoms with Crippen LogP contribution < -0.4 is 20.1 Å². The van der Waals surface area contributed by atoms with E-state index in [4.69, 9.17) is 9.47 Å². The minimum absolute atomic E-state index is 0.130. The Morgan fingerprint density at radius 3 is 2.39 bits per heavy atom. The van der Waals surface area contributed by atoms with Crippen LogP contribution in [0, 0.1) is 0 Å². The lowest BCUT2D eigenvalue weighted by molar-refractivity contribution is -0.114. The summed E-state index contributed by atoms with van der Waals surface area (Å²) in [7, 11) is 0. The van der Waals surface area contributed by atoms with Crippen LogP contribution in [0.2, 0.25) is 0 Å². The maximum absolute atomic E-state index is 12.4. The third kappa shape index (κ3) is 7.70. The molecule has 0 heterocycles. The second-order valence-electron chi connectivity index (χ2n) is 7.38. The molecule has 3 aromatic rings. The Morgan fingerprint density at radius 1 is 0.903 bits per heavy atom. The Morgan fingerprint density at radius 2 is 1.61 bits per heavy atom. The highest BCUT2D eigenvalue weighted by Crippen LogP contribution is 2.20. The molecule has 0 aromatic heterocycles. The molecule has 0 bridgehead atoms. The summed E-state index contributed by atoms with van der Waals surface area (Å²) in [6.45, 7) is 4.86. The third-order valence-corrected chi connectivity index (χ3v) is 4.82. The third-order valence-electron chi connectivity index (χ3n) is 4.82. The summed E-state index contributed by atoms with van der Waals surface area (Å²) in [6.07, 6.45) is 1.93. The molecule has 31 heavy (non-hydrogen) atoms. The molecule has 3 rings (SSSR count). The molecule has 0 aliphatic carbocycles. The van der Waals surface area contributed by atoms with E-state index in [9.17, 15) is 4.79 Å². The number of anilines is 2. The average Bonchev–Trinajstić information content (AvgIpc) is 2.79. The summed E-state index contributed by atoms with van der Waals surface area (Å²) in [4.78, 5) is 12.4. The van der Waals surface area contributed by atoms with Gasteiger partial charge in [-0.25, -0.2) is 0 Å². The molecule has 0 fully saturated rings. The van der Waals surface area contributed by atoms with Gasteiger partial charge in [0.2, 0.25) is 5.91 Å². The van der Waals surface area contributed by atoms with Crippen molar-refractivity contribution in [3.63, 3.8) is 0 Å². The topological polar surface area (TPSA) is 59.6 Å². The van der Waals surface area contributed by atoms with Crippen molar-refractivity contribution in [1.82, 2.24) is 0 Å². The highest BCUT2D eigenvalue weighted by Gasteiger charge is 2.06. The number of benzene rings is 3. The predicted molar refractivity (Wildman–Crippen MR) is 126 cm³/mol. The molecule has 0 saturated carbocycles.